The Bertz CT molecular complexity index is 1830. The van der Waals surface area contributed by atoms with E-state index in [4.69, 9.17) is 29.2 Å². The molecule has 0 radical (unpaired) electrons. The van der Waals surface area contributed by atoms with Gasteiger partial charge in [-0.1, -0.05) is 0 Å². The van der Waals surface area contributed by atoms with Gasteiger partial charge in [0.15, 0.2) is 5.82 Å². The maximum absolute atomic E-state index is 17.2. The number of aromatic amines is 1. The molecule has 1 spiro atoms. The summed E-state index contributed by atoms with van der Waals surface area (Å²) in [5.74, 6) is 0.223. The van der Waals surface area contributed by atoms with Crippen LogP contribution in [0.3, 0.4) is 0 Å². The number of anilines is 1. The highest BCUT2D eigenvalue weighted by Crippen LogP contribution is 2.51. The Morgan fingerprint density at radius 2 is 1.91 bits per heavy atom. The molecule has 4 aromatic rings. The summed E-state index contributed by atoms with van der Waals surface area (Å²) in [5.41, 5.74) is 4.46. The van der Waals surface area contributed by atoms with Crippen molar-refractivity contribution in [1.29, 1.82) is 0 Å². The van der Waals surface area contributed by atoms with Crippen LogP contribution in [0.15, 0.2) is 18.5 Å². The van der Waals surface area contributed by atoms with Crippen molar-refractivity contribution in [3.05, 3.63) is 35.4 Å². The Labute approximate surface area is 274 Å². The Balaban J connectivity index is 1.22. The molecule has 248 valence electrons. The molecule has 7 bridgehead atoms. The van der Waals surface area contributed by atoms with Gasteiger partial charge in [0.2, 0.25) is 0 Å². The van der Waals surface area contributed by atoms with Crippen molar-refractivity contribution in [2.45, 2.75) is 88.9 Å². The summed E-state index contributed by atoms with van der Waals surface area (Å²) in [6, 6.07) is 2.34. The standard InChI is InChI=1S/C36H44FN7O3/c1-22-13-28-26(18-39-42-28)29-25(22)7-3-4-12-46-23-14-35(15-23)16-24(45-2)19-43(20-35)33-27-17-38-32(29)30(37)31(27)40-34(41-33)47-21-36-8-5-10-44(36)11-6-9-36/h13,17-18,23-24H,3-12,14-16,19-21H2,1-2H3,(H,39,42). The average molecular weight is 642 g/mol. The van der Waals surface area contributed by atoms with Crippen LogP contribution in [-0.4, -0.2) is 94.3 Å². The maximum Gasteiger partial charge on any atom is 0.319 e. The molecule has 1 aromatic carbocycles. The number of rotatable bonds is 4. The first kappa shape index (κ1) is 29.7. The van der Waals surface area contributed by atoms with E-state index in [2.05, 4.69) is 33.0 Å². The van der Waals surface area contributed by atoms with E-state index in [0.29, 0.717) is 30.0 Å². The second-order valence-electron chi connectivity index (χ2n) is 14.9. The lowest BCUT2D eigenvalue weighted by molar-refractivity contribution is -0.106. The number of nitrogens with one attached hydrogen (secondary N) is 1. The number of piperidine rings is 1. The number of hydrogen-bond donors (Lipinski definition) is 1. The molecule has 1 saturated carbocycles. The topological polar surface area (TPSA) is 102 Å². The zero-order valence-electron chi connectivity index (χ0n) is 27.5. The predicted molar refractivity (Wildman–Crippen MR) is 177 cm³/mol. The molecule has 1 atom stereocenters. The van der Waals surface area contributed by atoms with Crippen molar-refractivity contribution in [2.24, 2.45) is 5.41 Å². The van der Waals surface area contributed by atoms with Crippen molar-refractivity contribution in [3.8, 4) is 17.3 Å². The summed E-state index contributed by atoms with van der Waals surface area (Å²) in [6.07, 6.45) is 14.1. The van der Waals surface area contributed by atoms with Crippen LogP contribution in [0.5, 0.6) is 6.01 Å². The lowest BCUT2D eigenvalue weighted by Crippen LogP contribution is -2.57. The minimum absolute atomic E-state index is 0.0212. The highest BCUT2D eigenvalue weighted by Gasteiger charge is 2.50. The molecule has 3 aromatic heterocycles. The number of aromatic nitrogens is 5. The third-order valence-electron chi connectivity index (χ3n) is 12.0. The average Bonchev–Trinajstić information content (AvgIpc) is 3.79. The summed E-state index contributed by atoms with van der Waals surface area (Å²) in [7, 11) is 1.79. The first-order valence-corrected chi connectivity index (χ1v) is 17.5. The van der Waals surface area contributed by atoms with Crippen LogP contribution in [-0.2, 0) is 15.9 Å². The van der Waals surface area contributed by atoms with Crippen molar-refractivity contribution in [3.63, 3.8) is 0 Å². The fraction of sp³-hybridized carbons (Fsp3) is 0.611. The quantitative estimate of drug-likeness (QED) is 0.299. The largest absolute Gasteiger partial charge is 0.461 e. The van der Waals surface area contributed by atoms with Gasteiger partial charge in [0.1, 0.15) is 23.6 Å². The lowest BCUT2D eigenvalue weighted by Gasteiger charge is -2.54. The van der Waals surface area contributed by atoms with Crippen LogP contribution in [0.25, 0.3) is 33.1 Å². The van der Waals surface area contributed by atoms with Gasteiger partial charge in [-0.3, -0.25) is 15.0 Å². The van der Waals surface area contributed by atoms with Crippen molar-refractivity contribution < 1.29 is 18.6 Å². The molecule has 9 heterocycles. The van der Waals surface area contributed by atoms with Gasteiger partial charge in [-0.05, 0) is 107 Å². The zero-order chi connectivity index (χ0) is 31.8. The molecule has 4 fully saturated rings. The minimum atomic E-state index is -0.446. The highest BCUT2D eigenvalue weighted by atomic mass is 19.1. The molecule has 0 amide bonds. The number of fused-ring (bicyclic) bond motifs is 2. The van der Waals surface area contributed by atoms with Crippen molar-refractivity contribution >= 4 is 27.6 Å². The Morgan fingerprint density at radius 1 is 1.06 bits per heavy atom. The van der Waals surface area contributed by atoms with Gasteiger partial charge >= 0.3 is 6.01 Å². The van der Waals surface area contributed by atoms with Gasteiger partial charge in [0, 0.05) is 44.0 Å². The number of methoxy groups -OCH3 is 1. The second-order valence-corrected chi connectivity index (χ2v) is 14.9. The normalized spacial score (nSPS) is 27.3. The van der Waals surface area contributed by atoms with E-state index in [1.165, 1.54) is 12.8 Å². The summed E-state index contributed by atoms with van der Waals surface area (Å²) in [6.45, 7) is 7.01. The summed E-state index contributed by atoms with van der Waals surface area (Å²) in [4.78, 5) is 19.6. The molecule has 1 aliphatic carbocycles. The van der Waals surface area contributed by atoms with E-state index >= 15 is 4.39 Å². The molecule has 47 heavy (non-hydrogen) atoms. The van der Waals surface area contributed by atoms with Crippen LogP contribution < -0.4 is 9.64 Å². The second kappa shape index (κ2) is 11.3. The smallest absolute Gasteiger partial charge is 0.319 e. The van der Waals surface area contributed by atoms with Crippen LogP contribution >= 0.6 is 0 Å². The van der Waals surface area contributed by atoms with E-state index in [1.54, 1.807) is 19.5 Å². The van der Waals surface area contributed by atoms with Gasteiger partial charge in [-0.15, -0.1) is 0 Å². The minimum Gasteiger partial charge on any atom is -0.461 e. The zero-order valence-corrected chi connectivity index (χ0v) is 27.5. The van der Waals surface area contributed by atoms with Crippen LogP contribution in [0, 0.1) is 18.2 Å². The number of hydrogen-bond acceptors (Lipinski definition) is 9. The molecule has 1 N–H and O–H groups in total. The molecule has 11 rings (SSSR count). The first-order valence-electron chi connectivity index (χ1n) is 17.5. The van der Waals surface area contributed by atoms with E-state index in [0.717, 1.165) is 105 Å². The molecule has 7 aliphatic rings. The predicted octanol–water partition coefficient (Wildman–Crippen LogP) is 5.75. The number of ether oxygens (including phenoxy) is 3. The van der Waals surface area contributed by atoms with Gasteiger partial charge in [0.05, 0.1) is 34.8 Å². The number of nitrogens with zero attached hydrogens (tertiary/aromatic N) is 6. The molecule has 11 heteroatoms. The third kappa shape index (κ3) is 4.91. The Hall–Kier alpha value is -3.41. The number of aryl methyl sites for hydroxylation is 1. The van der Waals surface area contributed by atoms with E-state index in [1.807, 2.05) is 0 Å². The maximum atomic E-state index is 17.2. The third-order valence-corrected chi connectivity index (χ3v) is 12.0. The molecular formula is C36H44FN7O3. The summed E-state index contributed by atoms with van der Waals surface area (Å²) in [5, 5.41) is 8.88. The van der Waals surface area contributed by atoms with Crippen LogP contribution in [0.2, 0.25) is 0 Å². The van der Waals surface area contributed by atoms with Gasteiger partial charge < -0.3 is 19.1 Å². The van der Waals surface area contributed by atoms with E-state index in [-0.39, 0.29) is 34.7 Å². The van der Waals surface area contributed by atoms with Crippen molar-refractivity contribution in [1.82, 2.24) is 30.0 Å². The van der Waals surface area contributed by atoms with Gasteiger partial charge in [0.25, 0.3) is 0 Å². The first-order chi connectivity index (χ1) is 22.9. The fourth-order valence-corrected chi connectivity index (χ4v) is 9.64. The molecular weight excluding hydrogens is 597 g/mol. The fourth-order valence-electron chi connectivity index (χ4n) is 9.64. The monoisotopic (exact) mass is 641 g/mol. The lowest BCUT2D eigenvalue weighted by atomic mass is 9.62. The molecule has 1 unspecified atom stereocenters. The van der Waals surface area contributed by atoms with Crippen molar-refractivity contribution in [2.75, 3.05) is 51.4 Å². The molecule has 3 saturated heterocycles. The van der Waals surface area contributed by atoms with Gasteiger partial charge in [-0.25, -0.2) is 4.39 Å². The number of H-pyrrole nitrogens is 1. The van der Waals surface area contributed by atoms with Crippen LogP contribution in [0.4, 0.5) is 10.2 Å². The Kier molecular flexibility index (Phi) is 7.17. The molecule has 6 aliphatic heterocycles. The van der Waals surface area contributed by atoms with E-state index in [9.17, 15) is 0 Å². The van der Waals surface area contributed by atoms with Crippen LogP contribution in [0.1, 0.15) is 68.9 Å². The van der Waals surface area contributed by atoms with Gasteiger partial charge in [-0.2, -0.15) is 15.1 Å². The summed E-state index contributed by atoms with van der Waals surface area (Å²) >= 11 is 0. The summed E-state index contributed by atoms with van der Waals surface area (Å²) < 4.78 is 36.2. The Morgan fingerprint density at radius 3 is 2.74 bits per heavy atom. The number of halogens is 1. The number of benzene rings is 1. The highest BCUT2D eigenvalue weighted by molar-refractivity contribution is 5.99. The number of pyridine rings is 1. The van der Waals surface area contributed by atoms with E-state index < -0.39 is 5.82 Å². The SMILES string of the molecule is COC1CN2CC3(C1)CC(C3)OCCCCc1c(C)cc3[nH]ncc3c1-c1ncc3c2nc(OCC24CCCN2CCC4)nc3c1F. The molecule has 10 nitrogen and oxygen atoms in total.